The molecule has 1 amide bonds. The molecule has 1 N–H and O–H groups in total. The lowest BCUT2D eigenvalue weighted by molar-refractivity contribution is 0.0945. The van der Waals surface area contributed by atoms with Crippen molar-refractivity contribution in [2.75, 3.05) is 6.54 Å². The van der Waals surface area contributed by atoms with E-state index in [2.05, 4.69) is 10.5 Å². The van der Waals surface area contributed by atoms with E-state index < -0.39 is 0 Å². The molecule has 1 aromatic heterocycles. The van der Waals surface area contributed by atoms with E-state index in [-0.39, 0.29) is 11.7 Å². The van der Waals surface area contributed by atoms with Gasteiger partial charge in [0.25, 0.3) is 5.91 Å². The molecule has 0 spiro atoms. The third-order valence-corrected chi connectivity index (χ3v) is 3.38. The maximum Gasteiger partial charge on any atom is 0.273 e. The Balaban J connectivity index is 1.52. The number of nitrogens with zero attached hydrogens (tertiary/aromatic N) is 1. The number of carbonyl (C=O) groups is 1. The first-order chi connectivity index (χ1) is 9.74. The van der Waals surface area contributed by atoms with Gasteiger partial charge in [0.15, 0.2) is 5.69 Å². The molecular formula is C15H15FN2O2. The summed E-state index contributed by atoms with van der Waals surface area (Å²) in [6, 6.07) is 8.24. The van der Waals surface area contributed by atoms with Crippen molar-refractivity contribution >= 4 is 5.91 Å². The molecule has 4 nitrogen and oxygen atoms in total. The Bertz CT molecular complexity index is 620. The molecule has 1 aromatic carbocycles. The first-order valence-corrected chi connectivity index (χ1v) is 6.72. The Labute approximate surface area is 116 Å². The lowest BCUT2D eigenvalue weighted by Crippen LogP contribution is -2.26. The highest BCUT2D eigenvalue weighted by atomic mass is 19.1. The largest absolute Gasteiger partial charge is 0.360 e. The minimum absolute atomic E-state index is 0.251. The molecule has 5 heteroatoms. The van der Waals surface area contributed by atoms with Crippen molar-refractivity contribution in [2.45, 2.75) is 25.2 Å². The van der Waals surface area contributed by atoms with Crippen molar-refractivity contribution in [1.82, 2.24) is 10.5 Å². The number of hydrogen-bond donors (Lipinski definition) is 1. The monoisotopic (exact) mass is 274 g/mol. The molecule has 0 radical (unpaired) electrons. The summed E-state index contributed by atoms with van der Waals surface area (Å²) in [7, 11) is 0. The van der Waals surface area contributed by atoms with E-state index in [4.69, 9.17) is 4.52 Å². The molecule has 1 aliphatic rings. The molecule has 104 valence electrons. The second-order valence-electron chi connectivity index (χ2n) is 4.99. The number of rotatable bonds is 5. The SMILES string of the molecule is O=C(NCCc1ccccc1F)c1cc(C2CC2)on1. The number of hydrogen-bond acceptors (Lipinski definition) is 3. The van der Waals surface area contributed by atoms with Crippen molar-refractivity contribution in [3.63, 3.8) is 0 Å². The van der Waals surface area contributed by atoms with E-state index in [0.29, 0.717) is 30.1 Å². The molecule has 2 aromatic rings. The van der Waals surface area contributed by atoms with Gasteiger partial charge in [0.2, 0.25) is 0 Å². The molecule has 0 bridgehead atoms. The van der Waals surface area contributed by atoms with Gasteiger partial charge in [0, 0.05) is 18.5 Å². The van der Waals surface area contributed by atoms with Crippen LogP contribution in [0.15, 0.2) is 34.9 Å². The van der Waals surface area contributed by atoms with Gasteiger partial charge in [-0.2, -0.15) is 0 Å². The molecule has 0 aliphatic heterocycles. The van der Waals surface area contributed by atoms with Crippen molar-refractivity contribution in [1.29, 1.82) is 0 Å². The zero-order chi connectivity index (χ0) is 13.9. The van der Waals surface area contributed by atoms with Gasteiger partial charge in [-0.3, -0.25) is 4.79 Å². The van der Waals surface area contributed by atoms with Crippen LogP contribution in [0.25, 0.3) is 0 Å². The van der Waals surface area contributed by atoms with Crippen LogP contribution in [0.4, 0.5) is 4.39 Å². The summed E-state index contributed by atoms with van der Waals surface area (Å²) in [5.41, 5.74) is 0.882. The van der Waals surface area contributed by atoms with Crippen molar-refractivity contribution in [2.24, 2.45) is 0 Å². The summed E-state index contributed by atoms with van der Waals surface area (Å²) in [5.74, 6) is 0.683. The maximum atomic E-state index is 13.4. The minimum atomic E-state index is -0.281. The first-order valence-electron chi connectivity index (χ1n) is 6.72. The van der Waals surface area contributed by atoms with Gasteiger partial charge < -0.3 is 9.84 Å². The smallest absolute Gasteiger partial charge is 0.273 e. The van der Waals surface area contributed by atoms with Crippen molar-refractivity contribution in [3.05, 3.63) is 53.2 Å². The van der Waals surface area contributed by atoms with Crippen LogP contribution < -0.4 is 5.32 Å². The number of aromatic nitrogens is 1. The summed E-state index contributed by atoms with van der Waals surface area (Å²) < 4.78 is 18.5. The molecule has 1 fully saturated rings. The third kappa shape index (κ3) is 2.87. The lowest BCUT2D eigenvalue weighted by Gasteiger charge is -2.04. The van der Waals surface area contributed by atoms with Crippen LogP contribution >= 0.6 is 0 Å². The van der Waals surface area contributed by atoms with E-state index in [1.165, 1.54) is 6.07 Å². The van der Waals surface area contributed by atoms with Gasteiger partial charge in [0.05, 0.1) is 0 Å². The fourth-order valence-electron chi connectivity index (χ4n) is 2.06. The summed E-state index contributed by atoms with van der Waals surface area (Å²) in [5, 5.41) is 6.48. The highest BCUT2D eigenvalue weighted by Crippen LogP contribution is 2.40. The van der Waals surface area contributed by atoms with Gasteiger partial charge >= 0.3 is 0 Å². The summed E-state index contributed by atoms with van der Waals surface area (Å²) >= 11 is 0. The van der Waals surface area contributed by atoms with Gasteiger partial charge in [0.1, 0.15) is 11.6 Å². The van der Waals surface area contributed by atoms with E-state index >= 15 is 0 Å². The average molecular weight is 274 g/mol. The van der Waals surface area contributed by atoms with Gasteiger partial charge in [-0.05, 0) is 30.9 Å². The molecular weight excluding hydrogens is 259 g/mol. The van der Waals surface area contributed by atoms with E-state index in [1.807, 2.05) is 0 Å². The summed E-state index contributed by atoms with van der Waals surface area (Å²) in [6.45, 7) is 0.366. The molecule has 3 rings (SSSR count). The predicted octanol–water partition coefficient (Wildman–Crippen LogP) is 2.66. The van der Waals surface area contributed by atoms with Crippen LogP contribution in [0.5, 0.6) is 0 Å². The highest BCUT2D eigenvalue weighted by Gasteiger charge is 2.28. The normalized spacial score (nSPS) is 14.2. The first kappa shape index (κ1) is 12.8. The number of nitrogens with one attached hydrogen (secondary N) is 1. The second kappa shape index (κ2) is 5.45. The number of benzene rings is 1. The Hall–Kier alpha value is -2.17. The third-order valence-electron chi connectivity index (χ3n) is 3.38. The van der Waals surface area contributed by atoms with Crippen LogP contribution in [0, 0.1) is 5.82 Å². The van der Waals surface area contributed by atoms with Gasteiger partial charge in [-0.15, -0.1) is 0 Å². The molecule has 1 aliphatic carbocycles. The maximum absolute atomic E-state index is 13.4. The van der Waals surface area contributed by atoms with Crippen LogP contribution in [0.3, 0.4) is 0 Å². The number of halogens is 1. The van der Waals surface area contributed by atoms with Crippen LogP contribution in [0.1, 0.15) is 40.6 Å². The van der Waals surface area contributed by atoms with Gasteiger partial charge in [-0.25, -0.2) is 4.39 Å². The number of carbonyl (C=O) groups excluding carboxylic acids is 1. The fraction of sp³-hybridized carbons (Fsp3) is 0.333. The Morgan fingerprint density at radius 3 is 2.95 bits per heavy atom. The zero-order valence-electron chi connectivity index (χ0n) is 10.9. The predicted molar refractivity (Wildman–Crippen MR) is 70.9 cm³/mol. The number of amides is 1. The topological polar surface area (TPSA) is 55.1 Å². The Morgan fingerprint density at radius 2 is 2.20 bits per heavy atom. The van der Waals surface area contributed by atoms with Crippen LogP contribution in [-0.4, -0.2) is 17.6 Å². The Kier molecular flexibility index (Phi) is 3.50. The van der Waals surface area contributed by atoms with Crippen molar-refractivity contribution in [3.8, 4) is 0 Å². The summed E-state index contributed by atoms with van der Waals surface area (Å²) in [6.07, 6.45) is 2.65. The molecule has 0 unspecified atom stereocenters. The van der Waals surface area contributed by atoms with Gasteiger partial charge in [-0.1, -0.05) is 23.4 Å². The Morgan fingerprint density at radius 1 is 1.40 bits per heavy atom. The summed E-state index contributed by atoms with van der Waals surface area (Å²) in [4.78, 5) is 11.8. The van der Waals surface area contributed by atoms with Crippen LogP contribution in [-0.2, 0) is 6.42 Å². The van der Waals surface area contributed by atoms with E-state index in [9.17, 15) is 9.18 Å². The molecule has 1 saturated carbocycles. The molecule has 20 heavy (non-hydrogen) atoms. The highest BCUT2D eigenvalue weighted by molar-refractivity contribution is 5.92. The van der Waals surface area contributed by atoms with E-state index in [1.54, 1.807) is 24.3 Å². The second-order valence-corrected chi connectivity index (χ2v) is 4.99. The minimum Gasteiger partial charge on any atom is -0.360 e. The molecule has 1 heterocycles. The average Bonchev–Trinajstić information content (AvgIpc) is 3.18. The van der Waals surface area contributed by atoms with Crippen LogP contribution in [0.2, 0.25) is 0 Å². The standard InChI is InChI=1S/C15H15FN2O2/c16-12-4-2-1-3-10(12)7-8-17-15(19)13-9-14(20-18-13)11-5-6-11/h1-4,9,11H,5-8H2,(H,17,19). The molecule has 0 saturated heterocycles. The zero-order valence-corrected chi connectivity index (χ0v) is 10.9. The quantitative estimate of drug-likeness (QED) is 0.912. The molecule has 0 atom stereocenters. The van der Waals surface area contributed by atoms with E-state index in [0.717, 1.165) is 18.6 Å². The lowest BCUT2D eigenvalue weighted by atomic mass is 10.1. The fourth-order valence-corrected chi connectivity index (χ4v) is 2.06. The van der Waals surface area contributed by atoms with Crippen molar-refractivity contribution < 1.29 is 13.7 Å².